The molecule has 0 aliphatic carbocycles. The third-order valence-corrected chi connectivity index (χ3v) is 5.66. The standard InChI is InChI=1S/C25H19Cl2NO4/c1-15-5-3-4-6-18(15)14-31-22-10-7-16(12-23(22)30-2)11-21-25(29)32-24(28-21)17-8-9-19(26)20(27)13-17/h3-13H,14H2,1-2H3/b21-11-. The van der Waals surface area contributed by atoms with Crippen LogP contribution in [-0.4, -0.2) is 19.0 Å². The summed E-state index contributed by atoms with van der Waals surface area (Å²) in [5.41, 5.74) is 3.70. The third-order valence-electron chi connectivity index (χ3n) is 4.92. The number of carbonyl (C=O) groups is 1. The maximum Gasteiger partial charge on any atom is 0.363 e. The Morgan fingerprint density at radius 1 is 1.00 bits per heavy atom. The van der Waals surface area contributed by atoms with Crippen molar-refractivity contribution in [2.24, 2.45) is 4.99 Å². The van der Waals surface area contributed by atoms with Crippen molar-refractivity contribution in [2.75, 3.05) is 7.11 Å². The summed E-state index contributed by atoms with van der Waals surface area (Å²) < 4.78 is 16.7. The number of cyclic esters (lactones) is 1. The second-order valence-corrected chi connectivity index (χ2v) is 7.90. The van der Waals surface area contributed by atoms with Gasteiger partial charge in [-0.2, -0.15) is 0 Å². The minimum atomic E-state index is -0.551. The molecule has 1 heterocycles. The lowest BCUT2D eigenvalue weighted by Crippen LogP contribution is -2.05. The maximum atomic E-state index is 12.3. The van der Waals surface area contributed by atoms with E-state index in [4.69, 9.17) is 37.4 Å². The number of benzene rings is 3. The maximum absolute atomic E-state index is 12.3. The molecule has 0 fully saturated rings. The Bertz CT molecular complexity index is 1250. The number of rotatable bonds is 6. The van der Waals surface area contributed by atoms with Crippen molar-refractivity contribution < 1.29 is 19.0 Å². The molecule has 0 bridgehead atoms. The van der Waals surface area contributed by atoms with Gasteiger partial charge in [0.25, 0.3) is 0 Å². The molecule has 4 rings (SSSR count). The van der Waals surface area contributed by atoms with Crippen LogP contribution in [0.15, 0.2) is 71.4 Å². The van der Waals surface area contributed by atoms with E-state index >= 15 is 0 Å². The highest BCUT2D eigenvalue weighted by molar-refractivity contribution is 6.42. The van der Waals surface area contributed by atoms with Crippen molar-refractivity contribution in [2.45, 2.75) is 13.5 Å². The number of halogens is 2. The second-order valence-electron chi connectivity index (χ2n) is 7.09. The summed E-state index contributed by atoms with van der Waals surface area (Å²) >= 11 is 12.0. The van der Waals surface area contributed by atoms with E-state index in [-0.39, 0.29) is 11.6 Å². The highest BCUT2D eigenvalue weighted by Gasteiger charge is 2.24. The van der Waals surface area contributed by atoms with Gasteiger partial charge in [-0.15, -0.1) is 0 Å². The molecule has 3 aromatic carbocycles. The van der Waals surface area contributed by atoms with Crippen LogP contribution in [0.1, 0.15) is 22.3 Å². The summed E-state index contributed by atoms with van der Waals surface area (Å²) in [5, 5.41) is 0.763. The Labute approximate surface area is 195 Å². The average molecular weight is 468 g/mol. The van der Waals surface area contributed by atoms with E-state index in [0.29, 0.717) is 33.7 Å². The molecular formula is C25H19Cl2NO4. The van der Waals surface area contributed by atoms with E-state index in [1.807, 2.05) is 37.3 Å². The van der Waals surface area contributed by atoms with Gasteiger partial charge < -0.3 is 14.2 Å². The van der Waals surface area contributed by atoms with Crippen LogP contribution in [0.2, 0.25) is 10.0 Å². The molecule has 0 aromatic heterocycles. The Morgan fingerprint density at radius 2 is 1.81 bits per heavy atom. The molecular weight excluding hydrogens is 449 g/mol. The minimum Gasteiger partial charge on any atom is -0.493 e. The van der Waals surface area contributed by atoms with Crippen LogP contribution in [0.5, 0.6) is 11.5 Å². The Morgan fingerprint density at radius 3 is 2.56 bits per heavy atom. The van der Waals surface area contributed by atoms with Gasteiger partial charge in [-0.1, -0.05) is 53.5 Å². The normalized spacial score (nSPS) is 14.3. The van der Waals surface area contributed by atoms with E-state index in [2.05, 4.69) is 4.99 Å². The Balaban J connectivity index is 1.55. The molecule has 0 spiro atoms. The first-order chi connectivity index (χ1) is 15.4. The molecule has 0 unspecified atom stereocenters. The number of esters is 1. The fourth-order valence-electron chi connectivity index (χ4n) is 3.14. The van der Waals surface area contributed by atoms with Gasteiger partial charge in [-0.25, -0.2) is 9.79 Å². The molecule has 0 atom stereocenters. The first-order valence-corrected chi connectivity index (χ1v) is 10.5. The van der Waals surface area contributed by atoms with Crippen molar-refractivity contribution in [3.05, 3.63) is 98.7 Å². The molecule has 162 valence electrons. The lowest BCUT2D eigenvalue weighted by molar-refractivity contribution is -0.129. The zero-order valence-electron chi connectivity index (χ0n) is 17.4. The lowest BCUT2D eigenvalue weighted by Gasteiger charge is -2.12. The van der Waals surface area contributed by atoms with Crippen molar-refractivity contribution >= 4 is 41.1 Å². The second kappa shape index (κ2) is 9.47. The lowest BCUT2D eigenvalue weighted by atomic mass is 10.1. The molecule has 5 nitrogen and oxygen atoms in total. The zero-order valence-corrected chi connectivity index (χ0v) is 18.9. The molecule has 0 amide bonds. The molecule has 0 radical (unpaired) electrons. The van der Waals surface area contributed by atoms with Gasteiger partial charge in [0.05, 0.1) is 17.2 Å². The van der Waals surface area contributed by atoms with Gasteiger partial charge in [0.1, 0.15) is 6.61 Å². The van der Waals surface area contributed by atoms with Gasteiger partial charge in [-0.3, -0.25) is 0 Å². The van der Waals surface area contributed by atoms with Crippen LogP contribution >= 0.6 is 23.2 Å². The fourth-order valence-corrected chi connectivity index (χ4v) is 3.44. The number of methoxy groups -OCH3 is 1. The number of ether oxygens (including phenoxy) is 3. The highest BCUT2D eigenvalue weighted by Crippen LogP contribution is 2.31. The minimum absolute atomic E-state index is 0.168. The fraction of sp³-hybridized carbons (Fsp3) is 0.120. The average Bonchev–Trinajstić information content (AvgIpc) is 3.15. The van der Waals surface area contributed by atoms with E-state index < -0.39 is 5.97 Å². The highest BCUT2D eigenvalue weighted by atomic mass is 35.5. The topological polar surface area (TPSA) is 57.1 Å². The predicted octanol–water partition coefficient (Wildman–Crippen LogP) is 6.23. The summed E-state index contributed by atoms with van der Waals surface area (Å²) in [6.07, 6.45) is 1.63. The first-order valence-electron chi connectivity index (χ1n) is 9.78. The van der Waals surface area contributed by atoms with E-state index in [1.165, 1.54) is 0 Å². The summed E-state index contributed by atoms with van der Waals surface area (Å²) in [7, 11) is 1.57. The van der Waals surface area contributed by atoms with Gasteiger partial charge in [0.2, 0.25) is 5.90 Å². The van der Waals surface area contributed by atoms with Crippen molar-refractivity contribution in [1.82, 2.24) is 0 Å². The SMILES string of the molecule is COc1cc(/C=C2\N=C(c3ccc(Cl)c(Cl)c3)OC2=O)ccc1OCc1ccccc1C. The van der Waals surface area contributed by atoms with Gasteiger partial charge in [-0.05, 0) is 60.0 Å². The Kier molecular flexibility index (Phi) is 6.49. The summed E-state index contributed by atoms with van der Waals surface area (Å²) in [4.78, 5) is 16.6. The first kappa shape index (κ1) is 21.9. The predicted molar refractivity (Wildman–Crippen MR) is 126 cm³/mol. The molecule has 7 heteroatoms. The quantitative estimate of drug-likeness (QED) is 0.318. The Hall–Kier alpha value is -3.28. The summed E-state index contributed by atoms with van der Waals surface area (Å²) in [6, 6.07) is 18.3. The van der Waals surface area contributed by atoms with Crippen LogP contribution in [0.3, 0.4) is 0 Å². The molecule has 0 N–H and O–H groups in total. The van der Waals surface area contributed by atoms with Crippen LogP contribution in [0.4, 0.5) is 0 Å². The molecule has 1 aliphatic heterocycles. The number of carbonyl (C=O) groups excluding carboxylic acids is 1. The number of nitrogens with zero attached hydrogens (tertiary/aromatic N) is 1. The van der Waals surface area contributed by atoms with Crippen LogP contribution < -0.4 is 9.47 Å². The van der Waals surface area contributed by atoms with Crippen molar-refractivity contribution in [1.29, 1.82) is 0 Å². The number of aliphatic imine (C=N–C) groups is 1. The smallest absolute Gasteiger partial charge is 0.363 e. The zero-order chi connectivity index (χ0) is 22.7. The van der Waals surface area contributed by atoms with Crippen molar-refractivity contribution in [3.8, 4) is 11.5 Å². The third kappa shape index (κ3) is 4.79. The molecule has 1 aliphatic rings. The number of hydrogen-bond donors (Lipinski definition) is 0. The van der Waals surface area contributed by atoms with E-state index in [9.17, 15) is 4.79 Å². The summed E-state index contributed by atoms with van der Waals surface area (Å²) in [6.45, 7) is 2.46. The van der Waals surface area contributed by atoms with Crippen molar-refractivity contribution in [3.63, 3.8) is 0 Å². The molecule has 3 aromatic rings. The van der Waals surface area contributed by atoms with Crippen LogP contribution in [0, 0.1) is 6.92 Å². The number of aryl methyl sites for hydroxylation is 1. The number of hydrogen-bond acceptors (Lipinski definition) is 5. The van der Waals surface area contributed by atoms with E-state index in [1.54, 1.807) is 43.5 Å². The van der Waals surface area contributed by atoms with Gasteiger partial charge in [0, 0.05) is 5.56 Å². The molecule has 32 heavy (non-hydrogen) atoms. The van der Waals surface area contributed by atoms with E-state index in [0.717, 1.165) is 16.7 Å². The van der Waals surface area contributed by atoms with Gasteiger partial charge >= 0.3 is 5.97 Å². The molecule has 0 saturated heterocycles. The summed E-state index contributed by atoms with van der Waals surface area (Å²) in [5.74, 6) is 0.773. The molecule has 0 saturated carbocycles. The monoisotopic (exact) mass is 467 g/mol. The van der Waals surface area contributed by atoms with Crippen LogP contribution in [-0.2, 0) is 16.1 Å². The largest absolute Gasteiger partial charge is 0.493 e. The van der Waals surface area contributed by atoms with Crippen LogP contribution in [0.25, 0.3) is 6.08 Å². The van der Waals surface area contributed by atoms with Gasteiger partial charge in [0.15, 0.2) is 17.2 Å².